The quantitative estimate of drug-likeness (QED) is 0.556. The van der Waals surface area contributed by atoms with Gasteiger partial charge in [-0.3, -0.25) is 9.89 Å². The number of morpholine rings is 1. The minimum atomic E-state index is -0.470. The Morgan fingerprint density at radius 1 is 1.28 bits per heavy atom. The van der Waals surface area contributed by atoms with Crippen LogP contribution < -0.4 is 5.32 Å². The number of thiophene rings is 1. The van der Waals surface area contributed by atoms with Gasteiger partial charge in [-0.15, -0.1) is 35.3 Å². The van der Waals surface area contributed by atoms with Gasteiger partial charge in [-0.25, -0.2) is 4.79 Å². The van der Waals surface area contributed by atoms with Crippen LogP contribution in [-0.2, 0) is 9.47 Å². The largest absolute Gasteiger partial charge is 0.444 e. The Hall–Kier alpha value is -1.11. The number of amides is 1. The van der Waals surface area contributed by atoms with E-state index < -0.39 is 5.60 Å². The van der Waals surface area contributed by atoms with E-state index in [0.29, 0.717) is 25.7 Å². The van der Waals surface area contributed by atoms with E-state index in [2.05, 4.69) is 34.2 Å². The van der Waals surface area contributed by atoms with E-state index in [0.717, 1.165) is 45.4 Å². The lowest BCUT2D eigenvalue weighted by molar-refractivity contribution is 0.0130. The summed E-state index contributed by atoms with van der Waals surface area (Å²) in [6, 6.07) is 4.98. The van der Waals surface area contributed by atoms with E-state index in [1.807, 2.05) is 37.0 Å². The molecule has 2 atom stereocenters. The van der Waals surface area contributed by atoms with E-state index >= 15 is 0 Å². The number of aryl methyl sites for hydroxylation is 1. The molecule has 2 saturated heterocycles. The predicted molar refractivity (Wildman–Crippen MR) is 138 cm³/mol. The topological polar surface area (TPSA) is 69.6 Å². The van der Waals surface area contributed by atoms with Crippen LogP contribution in [0.25, 0.3) is 0 Å². The molecule has 0 bridgehead atoms. The van der Waals surface area contributed by atoms with Crippen LogP contribution in [0.1, 0.15) is 36.6 Å². The molecule has 3 aliphatic heterocycles. The number of hydrogen-bond acceptors (Lipinski definition) is 8. The lowest BCUT2D eigenvalue weighted by atomic mass is 10.1. The van der Waals surface area contributed by atoms with E-state index in [1.54, 1.807) is 0 Å². The molecule has 0 aromatic carbocycles. The van der Waals surface area contributed by atoms with Crippen molar-refractivity contribution in [2.45, 2.75) is 45.4 Å². The third-order valence-corrected chi connectivity index (χ3v) is 6.99. The fraction of sp³-hybridized carbons (Fsp3) is 0.727. The third-order valence-electron chi connectivity index (χ3n) is 5.89. The number of nitrogens with one attached hydrogen (secondary N) is 1. The van der Waals surface area contributed by atoms with Gasteiger partial charge in [0.2, 0.25) is 0 Å². The Morgan fingerprint density at radius 2 is 2.03 bits per heavy atom. The molecule has 1 aromatic rings. The predicted octanol–water partition coefficient (Wildman–Crippen LogP) is 2.93. The second kappa shape index (κ2) is 10.9. The molecule has 1 aromatic heterocycles. The van der Waals surface area contributed by atoms with Gasteiger partial charge in [-0.1, -0.05) is 0 Å². The van der Waals surface area contributed by atoms with Gasteiger partial charge in [0.15, 0.2) is 5.96 Å². The summed E-state index contributed by atoms with van der Waals surface area (Å²) in [6.45, 7) is 15.0. The maximum atomic E-state index is 12.5. The average molecular weight is 578 g/mol. The number of fused-ring (bicyclic) bond motifs is 1. The van der Waals surface area contributed by atoms with E-state index in [4.69, 9.17) is 14.5 Å². The molecule has 4 heterocycles. The number of guanidine groups is 1. The number of carbonyl (C=O) groups excluding carboxylic acids is 1. The number of hydrogen-bond donors (Lipinski definition) is 1. The molecule has 4 rings (SSSR count). The first-order chi connectivity index (χ1) is 14.8. The highest BCUT2D eigenvalue weighted by molar-refractivity contribution is 14.0. The van der Waals surface area contributed by atoms with E-state index in [-0.39, 0.29) is 36.1 Å². The molecule has 0 radical (unpaired) electrons. The van der Waals surface area contributed by atoms with Crippen molar-refractivity contribution in [2.75, 3.05) is 59.0 Å². The van der Waals surface area contributed by atoms with Crippen LogP contribution in [0.3, 0.4) is 0 Å². The summed E-state index contributed by atoms with van der Waals surface area (Å²) in [4.78, 5) is 26.6. The standard InChI is InChI=1S/C22H35N5O3S.HI/c1-16-5-6-19(31-16)18(25-9-11-29-12-10-25)14-24-20-23-13-17-15-26(7-8-27(17)20)21(28)30-22(2,3)4;/h5-6,17-18H,7-15H2,1-4H3,(H,23,24);1H. The SMILES string of the molecule is Cc1ccc(C(CNC2=NCC3CN(C(=O)OC(C)(C)C)CCN23)N2CCOCC2)s1.I. The van der Waals surface area contributed by atoms with Gasteiger partial charge in [0, 0.05) is 49.0 Å². The number of ether oxygens (including phenoxy) is 2. The van der Waals surface area contributed by atoms with Crippen molar-refractivity contribution in [3.05, 3.63) is 21.9 Å². The second-order valence-corrected chi connectivity index (χ2v) is 10.8. The molecule has 1 N–H and O–H groups in total. The molecular weight excluding hydrogens is 541 g/mol. The summed E-state index contributed by atoms with van der Waals surface area (Å²) >= 11 is 1.87. The van der Waals surface area contributed by atoms with Gasteiger partial charge >= 0.3 is 6.09 Å². The highest BCUT2D eigenvalue weighted by Crippen LogP contribution is 2.28. The molecule has 180 valence electrons. The van der Waals surface area contributed by atoms with Gasteiger partial charge in [-0.2, -0.15) is 0 Å². The van der Waals surface area contributed by atoms with Crippen molar-refractivity contribution in [1.29, 1.82) is 0 Å². The summed E-state index contributed by atoms with van der Waals surface area (Å²) in [7, 11) is 0. The van der Waals surface area contributed by atoms with Crippen molar-refractivity contribution >= 4 is 47.4 Å². The van der Waals surface area contributed by atoms with E-state index in [1.165, 1.54) is 9.75 Å². The molecule has 0 aliphatic carbocycles. The van der Waals surface area contributed by atoms with Gasteiger partial charge in [0.1, 0.15) is 5.60 Å². The van der Waals surface area contributed by atoms with Crippen molar-refractivity contribution in [3.63, 3.8) is 0 Å². The van der Waals surface area contributed by atoms with Crippen molar-refractivity contribution in [2.24, 2.45) is 4.99 Å². The first-order valence-electron chi connectivity index (χ1n) is 11.2. The monoisotopic (exact) mass is 577 g/mol. The first kappa shape index (κ1) is 25.5. The Balaban J connectivity index is 0.00000289. The van der Waals surface area contributed by atoms with Gasteiger partial charge < -0.3 is 24.6 Å². The summed E-state index contributed by atoms with van der Waals surface area (Å²) in [6.07, 6.45) is -0.228. The lowest BCUT2D eigenvalue weighted by Gasteiger charge is -2.40. The summed E-state index contributed by atoms with van der Waals surface area (Å²) in [5, 5.41) is 3.63. The zero-order valence-electron chi connectivity index (χ0n) is 19.5. The van der Waals surface area contributed by atoms with Crippen LogP contribution >= 0.6 is 35.3 Å². The first-order valence-corrected chi connectivity index (χ1v) is 12.0. The van der Waals surface area contributed by atoms with Crippen LogP contribution in [0.2, 0.25) is 0 Å². The number of rotatable bonds is 4. The zero-order chi connectivity index (χ0) is 22.0. The van der Waals surface area contributed by atoms with E-state index in [9.17, 15) is 4.79 Å². The number of halogens is 1. The van der Waals surface area contributed by atoms with Gasteiger partial charge in [0.05, 0.1) is 31.8 Å². The Kier molecular flexibility index (Phi) is 8.67. The average Bonchev–Trinajstić information content (AvgIpc) is 3.33. The van der Waals surface area contributed by atoms with Crippen LogP contribution in [0, 0.1) is 6.92 Å². The number of piperazine rings is 1. The summed E-state index contributed by atoms with van der Waals surface area (Å²) in [5.41, 5.74) is -0.470. The smallest absolute Gasteiger partial charge is 0.410 e. The van der Waals surface area contributed by atoms with Crippen molar-refractivity contribution in [3.8, 4) is 0 Å². The summed E-state index contributed by atoms with van der Waals surface area (Å²) in [5.74, 6) is 0.959. The number of aliphatic imine (C=N–C) groups is 1. The Labute approximate surface area is 212 Å². The maximum Gasteiger partial charge on any atom is 0.410 e. The van der Waals surface area contributed by atoms with Crippen LogP contribution in [-0.4, -0.2) is 97.4 Å². The Bertz CT molecular complexity index is 806. The van der Waals surface area contributed by atoms with Crippen molar-refractivity contribution < 1.29 is 14.3 Å². The fourth-order valence-electron chi connectivity index (χ4n) is 4.34. The lowest BCUT2D eigenvalue weighted by Crippen LogP contribution is -2.58. The molecule has 3 aliphatic rings. The van der Waals surface area contributed by atoms with Crippen LogP contribution in [0.5, 0.6) is 0 Å². The minimum absolute atomic E-state index is 0. The molecule has 0 spiro atoms. The highest BCUT2D eigenvalue weighted by atomic mass is 127. The molecular formula is C22H36IN5O3S. The molecule has 8 nitrogen and oxygen atoms in total. The summed E-state index contributed by atoms with van der Waals surface area (Å²) < 4.78 is 11.1. The third kappa shape index (κ3) is 6.27. The maximum absolute atomic E-state index is 12.5. The molecule has 2 fully saturated rings. The normalized spacial score (nSPS) is 22.6. The number of carbonyl (C=O) groups is 1. The number of nitrogens with zero attached hydrogens (tertiary/aromatic N) is 4. The Morgan fingerprint density at radius 3 is 2.69 bits per heavy atom. The molecule has 2 unspecified atom stereocenters. The highest BCUT2D eigenvalue weighted by Gasteiger charge is 2.37. The van der Waals surface area contributed by atoms with Gasteiger partial charge in [0.25, 0.3) is 0 Å². The van der Waals surface area contributed by atoms with Crippen molar-refractivity contribution in [1.82, 2.24) is 20.0 Å². The van der Waals surface area contributed by atoms with Gasteiger partial charge in [-0.05, 0) is 39.8 Å². The molecule has 0 saturated carbocycles. The molecule has 32 heavy (non-hydrogen) atoms. The van der Waals surface area contributed by atoms with Crippen LogP contribution in [0.15, 0.2) is 17.1 Å². The molecule has 10 heteroatoms. The minimum Gasteiger partial charge on any atom is -0.444 e. The second-order valence-electron chi connectivity index (χ2n) is 9.43. The zero-order valence-corrected chi connectivity index (χ0v) is 22.7. The fourth-order valence-corrected chi connectivity index (χ4v) is 5.35. The molecule has 1 amide bonds. The van der Waals surface area contributed by atoms with Crippen LogP contribution in [0.4, 0.5) is 4.79 Å².